The van der Waals surface area contributed by atoms with E-state index >= 15 is 0 Å². The molecule has 1 spiro atoms. The van der Waals surface area contributed by atoms with Gasteiger partial charge in [-0.2, -0.15) is 0 Å². The third-order valence-electron chi connectivity index (χ3n) is 9.12. The second-order valence-electron chi connectivity index (χ2n) is 11.3. The lowest BCUT2D eigenvalue weighted by atomic mass is 9.78. The van der Waals surface area contributed by atoms with Gasteiger partial charge in [-0.25, -0.2) is 0 Å². The second-order valence-corrected chi connectivity index (χ2v) is 11.3. The number of para-hydroxylation sites is 1. The number of carbonyl (C=O) groups excluding carboxylic acids is 3. The van der Waals surface area contributed by atoms with Crippen molar-refractivity contribution < 1.29 is 18.9 Å². The topological polar surface area (TPSA) is 99.0 Å². The van der Waals surface area contributed by atoms with Gasteiger partial charge in [0.1, 0.15) is 5.54 Å². The molecule has 3 aromatic rings. The Morgan fingerprint density at radius 3 is 2.62 bits per heavy atom. The highest BCUT2D eigenvalue weighted by atomic mass is 16.5. The van der Waals surface area contributed by atoms with Gasteiger partial charge in [0.25, 0.3) is 11.8 Å². The van der Waals surface area contributed by atoms with Gasteiger partial charge in [-0.3, -0.25) is 19.3 Å². The molecule has 4 aliphatic heterocycles. The molecule has 206 valence electrons. The van der Waals surface area contributed by atoms with Crippen LogP contribution in [0.15, 0.2) is 65.2 Å². The lowest BCUT2D eigenvalue weighted by Crippen LogP contribution is -2.56. The summed E-state index contributed by atoms with van der Waals surface area (Å²) in [6, 6.07) is 19.4. The van der Waals surface area contributed by atoms with Crippen molar-refractivity contribution in [2.24, 2.45) is 5.92 Å². The summed E-state index contributed by atoms with van der Waals surface area (Å²) in [4.78, 5) is 47.6. The van der Waals surface area contributed by atoms with Gasteiger partial charge in [0.2, 0.25) is 5.91 Å². The maximum Gasteiger partial charge on any atom is 0.276 e. The molecule has 0 saturated carbocycles. The van der Waals surface area contributed by atoms with E-state index in [4.69, 9.17) is 4.52 Å². The number of nitrogens with zero attached hydrogens (tertiary/aromatic N) is 4. The molecular weight excluding hydrogens is 506 g/mol. The molecule has 3 fully saturated rings. The van der Waals surface area contributed by atoms with E-state index in [1.807, 2.05) is 59.5 Å². The van der Waals surface area contributed by atoms with E-state index in [-0.39, 0.29) is 29.5 Å². The third kappa shape index (κ3) is 3.78. The Balaban J connectivity index is 1.18. The van der Waals surface area contributed by atoms with Crippen LogP contribution in [0.5, 0.6) is 0 Å². The first-order valence-electron chi connectivity index (χ1n) is 14.4. The number of carbonyl (C=O) groups is 3. The first-order chi connectivity index (χ1) is 19.6. The molecule has 1 aromatic heterocycles. The van der Waals surface area contributed by atoms with Crippen LogP contribution in [0.3, 0.4) is 0 Å². The number of anilines is 1. The quantitative estimate of drug-likeness (QED) is 0.536. The molecule has 3 atom stereocenters. The summed E-state index contributed by atoms with van der Waals surface area (Å²) in [6.07, 6.45) is 3.98. The van der Waals surface area contributed by atoms with Crippen LogP contribution in [-0.4, -0.2) is 71.4 Å². The van der Waals surface area contributed by atoms with E-state index in [9.17, 15) is 14.4 Å². The molecule has 7 rings (SSSR count). The average Bonchev–Trinajstić information content (AvgIpc) is 3.75. The minimum Gasteiger partial charge on any atom is -0.356 e. The molecule has 5 heterocycles. The number of fused-ring (bicyclic) bond motifs is 4. The highest BCUT2D eigenvalue weighted by Gasteiger charge is 2.67. The fourth-order valence-corrected chi connectivity index (χ4v) is 7.40. The fourth-order valence-electron chi connectivity index (χ4n) is 7.40. The van der Waals surface area contributed by atoms with Crippen molar-refractivity contribution in [3.05, 3.63) is 71.9 Å². The summed E-state index contributed by atoms with van der Waals surface area (Å²) in [5, 5.41) is 7.19. The zero-order chi connectivity index (χ0) is 27.3. The predicted octanol–water partition coefficient (Wildman–Crippen LogP) is 3.42. The van der Waals surface area contributed by atoms with Gasteiger partial charge in [0.05, 0.1) is 5.92 Å². The Morgan fingerprint density at radius 2 is 1.75 bits per heavy atom. The molecule has 3 saturated heterocycles. The molecule has 9 nitrogen and oxygen atoms in total. The van der Waals surface area contributed by atoms with Crippen LogP contribution in [0.2, 0.25) is 0 Å². The minimum absolute atomic E-state index is 0.000576. The van der Waals surface area contributed by atoms with Crippen LogP contribution in [0.4, 0.5) is 5.69 Å². The average molecular weight is 540 g/mol. The SMILES string of the molecule is O=C1NCCCN(C(=O)c2cc(-c3ccccc3)on2)CCCN2C(=O)[C@@]3(c4ccccc42)[C@@H]1C[C@@H]1CCCN13. The number of aromatic nitrogens is 1. The van der Waals surface area contributed by atoms with E-state index in [2.05, 4.69) is 15.4 Å². The summed E-state index contributed by atoms with van der Waals surface area (Å²) in [6.45, 7) is 2.68. The Labute approximate surface area is 233 Å². The molecule has 2 aromatic carbocycles. The summed E-state index contributed by atoms with van der Waals surface area (Å²) in [5.41, 5.74) is 2.00. The van der Waals surface area contributed by atoms with Crippen LogP contribution >= 0.6 is 0 Å². The molecule has 0 aliphatic carbocycles. The van der Waals surface area contributed by atoms with Gasteiger partial charge in [-0.1, -0.05) is 53.7 Å². The lowest BCUT2D eigenvalue weighted by molar-refractivity contribution is -0.138. The number of benzene rings is 2. The molecule has 2 bridgehead atoms. The smallest absolute Gasteiger partial charge is 0.276 e. The van der Waals surface area contributed by atoms with Gasteiger partial charge in [0, 0.05) is 55.1 Å². The zero-order valence-corrected chi connectivity index (χ0v) is 22.4. The Kier molecular flexibility index (Phi) is 6.19. The fraction of sp³-hybridized carbons (Fsp3) is 0.419. The van der Waals surface area contributed by atoms with Gasteiger partial charge < -0.3 is 19.6 Å². The van der Waals surface area contributed by atoms with E-state index in [1.165, 1.54) is 0 Å². The second kappa shape index (κ2) is 9.89. The van der Waals surface area contributed by atoms with E-state index in [0.29, 0.717) is 51.2 Å². The van der Waals surface area contributed by atoms with Crippen molar-refractivity contribution in [1.29, 1.82) is 0 Å². The normalized spacial score (nSPS) is 26.8. The molecule has 0 radical (unpaired) electrons. The van der Waals surface area contributed by atoms with Crippen LogP contribution in [-0.2, 0) is 15.1 Å². The molecule has 9 heteroatoms. The van der Waals surface area contributed by atoms with Crippen molar-refractivity contribution in [2.75, 3.05) is 37.6 Å². The van der Waals surface area contributed by atoms with Gasteiger partial charge in [-0.05, 0) is 44.7 Å². The molecule has 1 N–H and O–H groups in total. The van der Waals surface area contributed by atoms with Gasteiger partial charge >= 0.3 is 0 Å². The van der Waals surface area contributed by atoms with Crippen molar-refractivity contribution in [3.63, 3.8) is 0 Å². The molecule has 4 aliphatic rings. The third-order valence-corrected chi connectivity index (χ3v) is 9.12. The number of hydrogen-bond acceptors (Lipinski definition) is 6. The maximum absolute atomic E-state index is 14.4. The van der Waals surface area contributed by atoms with Gasteiger partial charge in [-0.15, -0.1) is 0 Å². The van der Waals surface area contributed by atoms with Crippen molar-refractivity contribution in [1.82, 2.24) is 20.3 Å². The van der Waals surface area contributed by atoms with E-state index in [0.717, 1.165) is 36.2 Å². The standard InChI is InChI=1S/C31H33N5O4/c37-28-24-19-22-11-6-18-36(22)31(24)23-12-4-5-13-26(23)35(30(31)39)17-8-16-34(15-7-14-32-28)29(38)25-20-27(40-33-25)21-9-2-1-3-10-21/h1-5,9-10,12-13,20,22,24H,6-8,11,14-19H2,(H,32,37)/t22-,24+,31+/m0/s1. The lowest BCUT2D eigenvalue weighted by Gasteiger charge is -2.37. The Hall–Kier alpha value is -3.98. The summed E-state index contributed by atoms with van der Waals surface area (Å²) >= 11 is 0. The van der Waals surface area contributed by atoms with Crippen molar-refractivity contribution in [2.45, 2.75) is 43.7 Å². The highest BCUT2D eigenvalue weighted by Crippen LogP contribution is 2.57. The summed E-state index contributed by atoms with van der Waals surface area (Å²) in [5.74, 6) is -0.173. The van der Waals surface area contributed by atoms with Crippen LogP contribution < -0.4 is 10.2 Å². The molecule has 0 unspecified atom stereocenters. The largest absolute Gasteiger partial charge is 0.356 e. The molecule has 3 amide bonds. The Morgan fingerprint density at radius 1 is 0.950 bits per heavy atom. The maximum atomic E-state index is 14.4. The summed E-state index contributed by atoms with van der Waals surface area (Å²) in [7, 11) is 0. The van der Waals surface area contributed by atoms with Crippen LogP contribution in [0.1, 0.15) is 48.2 Å². The molecular formula is C31H33N5O4. The minimum atomic E-state index is -0.944. The van der Waals surface area contributed by atoms with Crippen molar-refractivity contribution >= 4 is 23.4 Å². The first kappa shape index (κ1) is 25.0. The van der Waals surface area contributed by atoms with E-state index in [1.54, 1.807) is 11.0 Å². The molecule has 40 heavy (non-hydrogen) atoms. The van der Waals surface area contributed by atoms with Crippen molar-refractivity contribution in [3.8, 4) is 11.3 Å². The van der Waals surface area contributed by atoms with Crippen LogP contribution in [0.25, 0.3) is 11.3 Å². The zero-order valence-electron chi connectivity index (χ0n) is 22.4. The number of amides is 3. The first-order valence-corrected chi connectivity index (χ1v) is 14.4. The summed E-state index contributed by atoms with van der Waals surface area (Å²) < 4.78 is 5.49. The Bertz CT molecular complexity index is 1450. The number of hydrogen-bond donors (Lipinski definition) is 1. The highest BCUT2D eigenvalue weighted by molar-refractivity contribution is 6.11. The number of nitrogens with one attached hydrogen (secondary N) is 1. The number of rotatable bonds is 2. The van der Waals surface area contributed by atoms with Crippen LogP contribution in [0, 0.1) is 5.92 Å². The van der Waals surface area contributed by atoms with E-state index < -0.39 is 11.5 Å². The van der Waals surface area contributed by atoms with Gasteiger partial charge in [0.15, 0.2) is 11.5 Å². The monoisotopic (exact) mass is 539 g/mol. The predicted molar refractivity (Wildman–Crippen MR) is 148 cm³/mol.